The minimum Gasteiger partial charge on any atom is -0.391 e. The molecule has 132 valence electrons. The zero-order valence-corrected chi connectivity index (χ0v) is 13.9. The topological polar surface area (TPSA) is 121 Å². The summed E-state index contributed by atoms with van der Waals surface area (Å²) in [5.41, 5.74) is 1.25. The van der Waals surface area contributed by atoms with Crippen molar-refractivity contribution < 1.29 is 14.4 Å². The van der Waals surface area contributed by atoms with Gasteiger partial charge in [0.1, 0.15) is 11.6 Å². The third-order valence-electron chi connectivity index (χ3n) is 4.99. The van der Waals surface area contributed by atoms with Crippen LogP contribution in [0.1, 0.15) is 70.8 Å². The second kappa shape index (κ2) is 6.11. The molecular formula is C17H20N4O4. The molecule has 2 aliphatic rings. The minimum atomic E-state index is -0.345. The number of aryl methyl sites for hydroxylation is 1. The van der Waals surface area contributed by atoms with Gasteiger partial charge in [0.05, 0.1) is 17.9 Å². The number of hydrogen-bond acceptors (Lipinski definition) is 6. The molecule has 0 aliphatic heterocycles. The molecule has 0 spiro atoms. The lowest BCUT2D eigenvalue weighted by molar-refractivity contribution is 0.0896. The smallest absolute Gasteiger partial charge is 0.274 e. The summed E-state index contributed by atoms with van der Waals surface area (Å²) in [7, 11) is 0. The van der Waals surface area contributed by atoms with Crippen molar-refractivity contribution in [3.8, 4) is 0 Å². The Balaban J connectivity index is 1.39. The van der Waals surface area contributed by atoms with Crippen molar-refractivity contribution in [3.63, 3.8) is 0 Å². The Morgan fingerprint density at radius 3 is 2.84 bits per heavy atom. The van der Waals surface area contributed by atoms with Crippen LogP contribution in [0.2, 0.25) is 0 Å². The standard InChI is InChI=1S/C17H20N4O4/c1-8-12(7-22)15(21-25-8)17(24)18-11-4-10(5-11)13-6-14(23)20-16(19-13)9-2-3-9/h6,9-11,22H,2-5,7H2,1H3,(H,18,24)(H,19,20,23). The maximum Gasteiger partial charge on any atom is 0.274 e. The van der Waals surface area contributed by atoms with E-state index in [1.807, 2.05) is 0 Å². The molecule has 0 unspecified atom stereocenters. The van der Waals surface area contributed by atoms with Crippen LogP contribution in [0.15, 0.2) is 15.4 Å². The first kappa shape index (κ1) is 16.0. The molecule has 2 fully saturated rings. The molecule has 2 saturated carbocycles. The van der Waals surface area contributed by atoms with Crippen LogP contribution in [0.25, 0.3) is 0 Å². The molecule has 8 nitrogen and oxygen atoms in total. The number of amides is 1. The van der Waals surface area contributed by atoms with Crippen molar-refractivity contribution in [2.75, 3.05) is 0 Å². The van der Waals surface area contributed by atoms with Crippen LogP contribution in [0.4, 0.5) is 0 Å². The van der Waals surface area contributed by atoms with Crippen LogP contribution >= 0.6 is 0 Å². The van der Waals surface area contributed by atoms with Gasteiger partial charge in [0.2, 0.25) is 0 Å². The van der Waals surface area contributed by atoms with Gasteiger partial charge < -0.3 is 19.9 Å². The number of nitrogens with one attached hydrogen (secondary N) is 2. The number of carbonyl (C=O) groups is 1. The molecule has 8 heteroatoms. The summed E-state index contributed by atoms with van der Waals surface area (Å²) in [4.78, 5) is 31.5. The molecule has 4 rings (SSSR count). The van der Waals surface area contributed by atoms with E-state index in [4.69, 9.17) is 4.52 Å². The van der Waals surface area contributed by atoms with Crippen molar-refractivity contribution in [2.45, 2.75) is 57.1 Å². The zero-order chi connectivity index (χ0) is 17.6. The molecule has 25 heavy (non-hydrogen) atoms. The van der Waals surface area contributed by atoms with E-state index in [1.165, 1.54) is 0 Å². The van der Waals surface area contributed by atoms with Crippen LogP contribution in [0, 0.1) is 6.92 Å². The second-order valence-corrected chi connectivity index (χ2v) is 6.89. The van der Waals surface area contributed by atoms with Gasteiger partial charge >= 0.3 is 0 Å². The Labute approximate surface area is 143 Å². The summed E-state index contributed by atoms with van der Waals surface area (Å²) < 4.78 is 4.97. The summed E-state index contributed by atoms with van der Waals surface area (Å²) in [6.45, 7) is 1.37. The van der Waals surface area contributed by atoms with Gasteiger partial charge in [0.15, 0.2) is 5.69 Å². The van der Waals surface area contributed by atoms with E-state index in [0.29, 0.717) is 17.2 Å². The predicted molar refractivity (Wildman–Crippen MR) is 87.2 cm³/mol. The second-order valence-electron chi connectivity index (χ2n) is 6.89. The van der Waals surface area contributed by atoms with Crippen molar-refractivity contribution in [3.05, 3.63) is 45.0 Å². The average molecular weight is 344 g/mol. The highest BCUT2D eigenvalue weighted by molar-refractivity contribution is 5.94. The third kappa shape index (κ3) is 3.09. The van der Waals surface area contributed by atoms with Gasteiger partial charge in [-0.25, -0.2) is 4.98 Å². The largest absolute Gasteiger partial charge is 0.391 e. The van der Waals surface area contributed by atoms with E-state index in [9.17, 15) is 14.7 Å². The number of aliphatic hydroxyl groups excluding tert-OH is 1. The number of aromatic amines is 1. The quantitative estimate of drug-likeness (QED) is 0.747. The maximum atomic E-state index is 12.3. The van der Waals surface area contributed by atoms with Gasteiger partial charge in [0.25, 0.3) is 11.5 Å². The maximum absolute atomic E-state index is 12.3. The number of H-pyrrole nitrogens is 1. The predicted octanol–water partition coefficient (Wildman–Crippen LogP) is 1.11. The van der Waals surface area contributed by atoms with Crippen LogP contribution in [0.3, 0.4) is 0 Å². The number of rotatable bonds is 5. The summed E-state index contributed by atoms with van der Waals surface area (Å²) in [6.07, 6.45) is 3.63. The Kier molecular flexibility index (Phi) is 3.91. The SMILES string of the molecule is Cc1onc(C(=O)NC2CC(c3cc(=O)[nH]c(C4CC4)n3)C2)c1CO. The van der Waals surface area contributed by atoms with Crippen molar-refractivity contribution in [1.82, 2.24) is 20.4 Å². The molecule has 2 aromatic rings. The lowest BCUT2D eigenvalue weighted by atomic mass is 9.78. The lowest BCUT2D eigenvalue weighted by Gasteiger charge is -2.35. The first-order valence-electron chi connectivity index (χ1n) is 8.53. The van der Waals surface area contributed by atoms with E-state index < -0.39 is 0 Å². The van der Waals surface area contributed by atoms with Crippen molar-refractivity contribution >= 4 is 5.91 Å². The first-order chi connectivity index (χ1) is 12.0. The molecule has 2 aromatic heterocycles. The highest BCUT2D eigenvalue weighted by Gasteiger charge is 2.35. The summed E-state index contributed by atoms with van der Waals surface area (Å²) in [5, 5.41) is 15.9. The fourth-order valence-electron chi connectivity index (χ4n) is 3.24. The molecule has 1 amide bonds. The van der Waals surface area contributed by atoms with Gasteiger partial charge in [-0.05, 0) is 32.6 Å². The van der Waals surface area contributed by atoms with Gasteiger partial charge in [-0.1, -0.05) is 5.16 Å². The molecule has 0 saturated heterocycles. The number of aliphatic hydroxyl groups is 1. The number of nitrogens with zero attached hydrogens (tertiary/aromatic N) is 2. The highest BCUT2D eigenvalue weighted by Crippen LogP contribution is 2.40. The normalized spacial score (nSPS) is 22.5. The van der Waals surface area contributed by atoms with Gasteiger partial charge in [0, 0.05) is 23.9 Å². The van der Waals surface area contributed by atoms with E-state index in [-0.39, 0.29) is 35.7 Å². The molecule has 0 atom stereocenters. The van der Waals surface area contributed by atoms with E-state index in [0.717, 1.165) is 37.2 Å². The molecule has 0 aromatic carbocycles. The Morgan fingerprint density at radius 1 is 1.40 bits per heavy atom. The van der Waals surface area contributed by atoms with E-state index in [2.05, 4.69) is 20.4 Å². The van der Waals surface area contributed by atoms with Gasteiger partial charge in [-0.2, -0.15) is 0 Å². The Morgan fingerprint density at radius 2 is 2.16 bits per heavy atom. The van der Waals surface area contributed by atoms with Gasteiger partial charge in [-0.15, -0.1) is 0 Å². The van der Waals surface area contributed by atoms with Crippen LogP contribution in [-0.4, -0.2) is 32.2 Å². The van der Waals surface area contributed by atoms with Gasteiger partial charge in [-0.3, -0.25) is 9.59 Å². The van der Waals surface area contributed by atoms with Crippen molar-refractivity contribution in [2.24, 2.45) is 0 Å². The molecule has 0 radical (unpaired) electrons. The van der Waals surface area contributed by atoms with E-state index >= 15 is 0 Å². The molecule has 0 bridgehead atoms. The molecule has 2 aliphatic carbocycles. The van der Waals surface area contributed by atoms with Crippen LogP contribution in [-0.2, 0) is 6.61 Å². The average Bonchev–Trinajstić information content (AvgIpc) is 3.32. The molecule has 3 N–H and O–H groups in total. The van der Waals surface area contributed by atoms with E-state index in [1.54, 1.807) is 13.0 Å². The zero-order valence-electron chi connectivity index (χ0n) is 13.9. The molecular weight excluding hydrogens is 324 g/mol. The Bertz CT molecular complexity index is 862. The number of aromatic nitrogens is 3. The number of carbonyl (C=O) groups excluding carboxylic acids is 1. The molecule has 2 heterocycles. The van der Waals surface area contributed by atoms with Crippen molar-refractivity contribution in [1.29, 1.82) is 0 Å². The van der Waals surface area contributed by atoms with Crippen LogP contribution in [0.5, 0.6) is 0 Å². The monoisotopic (exact) mass is 344 g/mol. The fourth-order valence-corrected chi connectivity index (χ4v) is 3.24. The first-order valence-corrected chi connectivity index (χ1v) is 8.53. The Hall–Kier alpha value is -2.48. The highest BCUT2D eigenvalue weighted by atomic mass is 16.5. The minimum absolute atomic E-state index is 0.00603. The fraction of sp³-hybridized carbons (Fsp3) is 0.529. The summed E-state index contributed by atoms with van der Waals surface area (Å²) >= 11 is 0. The third-order valence-corrected chi connectivity index (χ3v) is 4.99. The summed E-state index contributed by atoms with van der Waals surface area (Å²) in [5.74, 6) is 1.47. The number of hydrogen-bond donors (Lipinski definition) is 3. The summed E-state index contributed by atoms with van der Waals surface area (Å²) in [6, 6.07) is 1.56. The van der Waals surface area contributed by atoms with Crippen LogP contribution < -0.4 is 10.9 Å². The lowest BCUT2D eigenvalue weighted by Crippen LogP contribution is -2.44.